The van der Waals surface area contributed by atoms with Crippen LogP contribution in [0.3, 0.4) is 0 Å². The minimum atomic E-state index is -1.06. The predicted molar refractivity (Wildman–Crippen MR) is 123 cm³/mol. The van der Waals surface area contributed by atoms with Gasteiger partial charge in [0.15, 0.2) is 5.79 Å². The molecule has 7 heteroatoms. The summed E-state index contributed by atoms with van der Waals surface area (Å²) in [7, 11) is 0. The molecule has 0 spiro atoms. The Labute approximate surface area is 194 Å². The van der Waals surface area contributed by atoms with E-state index in [2.05, 4.69) is 17.4 Å². The van der Waals surface area contributed by atoms with Crippen LogP contribution in [0.5, 0.6) is 0 Å². The lowest BCUT2D eigenvalue weighted by Gasteiger charge is -2.18. The number of carboxylic acids is 1. The smallest absolute Gasteiger partial charge is 0.407 e. The second-order valence-electron chi connectivity index (χ2n) is 9.10. The lowest BCUT2D eigenvalue weighted by molar-refractivity contribution is -0.139. The van der Waals surface area contributed by atoms with Gasteiger partial charge in [0.2, 0.25) is 0 Å². The van der Waals surface area contributed by atoms with Crippen LogP contribution in [0.1, 0.15) is 56.6 Å². The van der Waals surface area contributed by atoms with Crippen LogP contribution in [0, 0.1) is 0 Å². The van der Waals surface area contributed by atoms with Gasteiger partial charge in [-0.2, -0.15) is 0 Å². The maximum atomic E-state index is 12.4. The lowest BCUT2D eigenvalue weighted by atomic mass is 9.98. The van der Waals surface area contributed by atoms with Crippen molar-refractivity contribution in [2.75, 3.05) is 13.2 Å². The molecular weight excluding hydrogens is 422 g/mol. The van der Waals surface area contributed by atoms with Gasteiger partial charge in [0.25, 0.3) is 0 Å². The largest absolute Gasteiger partial charge is 0.480 e. The molecule has 0 bridgehead atoms. The van der Waals surface area contributed by atoms with Gasteiger partial charge < -0.3 is 24.6 Å². The Morgan fingerprint density at radius 2 is 1.73 bits per heavy atom. The molecule has 2 N–H and O–H groups in total. The van der Waals surface area contributed by atoms with E-state index in [1.807, 2.05) is 50.2 Å². The van der Waals surface area contributed by atoms with E-state index in [0.29, 0.717) is 19.4 Å². The second-order valence-corrected chi connectivity index (χ2v) is 9.10. The molecular formula is C26H31NO6. The topological polar surface area (TPSA) is 94.1 Å². The van der Waals surface area contributed by atoms with Crippen molar-refractivity contribution >= 4 is 12.1 Å². The van der Waals surface area contributed by atoms with Gasteiger partial charge in [-0.15, -0.1) is 0 Å². The standard InChI is InChI=1S/C26H31NO6/c1-26(2)32-15-17(33-26)9-3-8-14-23(24(28)29)27-25(30)31-16-22-20-12-6-4-10-18(20)19-11-5-7-13-21(19)22/h4-7,10-13,17,22-23H,3,8-9,14-16H2,1-2H3,(H,27,30)(H,28,29)/t17-,23-/m1/s1. The van der Waals surface area contributed by atoms with E-state index in [9.17, 15) is 14.7 Å². The summed E-state index contributed by atoms with van der Waals surface area (Å²) in [5, 5.41) is 12.0. The number of carbonyl (C=O) groups excluding carboxylic acids is 1. The zero-order valence-electron chi connectivity index (χ0n) is 19.1. The average molecular weight is 454 g/mol. The second kappa shape index (κ2) is 9.93. The first-order chi connectivity index (χ1) is 15.8. The number of amides is 1. The fraction of sp³-hybridized carbons (Fsp3) is 0.462. The van der Waals surface area contributed by atoms with Crippen molar-refractivity contribution in [3.8, 4) is 11.1 Å². The number of aliphatic carboxylic acids is 1. The van der Waals surface area contributed by atoms with E-state index in [1.54, 1.807) is 0 Å². The van der Waals surface area contributed by atoms with Crippen molar-refractivity contribution in [3.63, 3.8) is 0 Å². The number of ether oxygens (including phenoxy) is 3. The van der Waals surface area contributed by atoms with Gasteiger partial charge in [-0.1, -0.05) is 61.4 Å². The summed E-state index contributed by atoms with van der Waals surface area (Å²) in [5.41, 5.74) is 4.52. The highest BCUT2D eigenvalue weighted by Gasteiger charge is 2.32. The molecule has 0 unspecified atom stereocenters. The summed E-state index contributed by atoms with van der Waals surface area (Å²) in [4.78, 5) is 24.1. The first kappa shape index (κ1) is 23.3. The Balaban J connectivity index is 1.26. The minimum absolute atomic E-state index is 0.0263. The molecule has 2 aliphatic rings. The number of alkyl carbamates (subject to hydrolysis) is 1. The van der Waals surface area contributed by atoms with E-state index in [0.717, 1.165) is 35.1 Å². The Hall–Kier alpha value is -2.90. The van der Waals surface area contributed by atoms with Crippen molar-refractivity contribution in [1.82, 2.24) is 5.32 Å². The monoisotopic (exact) mass is 453 g/mol. The van der Waals surface area contributed by atoms with E-state index >= 15 is 0 Å². The molecule has 4 rings (SSSR count). The zero-order chi connectivity index (χ0) is 23.4. The molecule has 1 amide bonds. The molecule has 1 aliphatic heterocycles. The first-order valence-corrected chi connectivity index (χ1v) is 11.5. The number of hydrogen-bond donors (Lipinski definition) is 2. The summed E-state index contributed by atoms with van der Waals surface area (Å²) >= 11 is 0. The van der Waals surface area contributed by atoms with Crippen molar-refractivity contribution in [1.29, 1.82) is 0 Å². The summed E-state index contributed by atoms with van der Waals surface area (Å²) in [5.74, 6) is -1.69. The summed E-state index contributed by atoms with van der Waals surface area (Å²) in [6.07, 6.45) is 1.88. The van der Waals surface area contributed by atoms with Gasteiger partial charge in [-0.3, -0.25) is 0 Å². The Kier molecular flexibility index (Phi) is 7.00. The number of unbranched alkanes of at least 4 members (excludes halogenated alkanes) is 1. The quantitative estimate of drug-likeness (QED) is 0.535. The third-order valence-electron chi connectivity index (χ3n) is 6.27. The Bertz CT molecular complexity index is 958. The SMILES string of the molecule is CC1(C)OC[C@@H](CCCC[C@@H](NC(=O)OCC2c3ccccc3-c3ccccc32)C(=O)O)O1. The Morgan fingerprint density at radius 3 is 2.30 bits per heavy atom. The van der Waals surface area contributed by atoms with Gasteiger partial charge in [0.1, 0.15) is 12.6 Å². The van der Waals surface area contributed by atoms with Crippen LogP contribution in [0.4, 0.5) is 4.79 Å². The molecule has 1 aliphatic carbocycles. The summed E-state index contributed by atoms with van der Waals surface area (Å²) in [6, 6.07) is 15.2. The highest BCUT2D eigenvalue weighted by Crippen LogP contribution is 2.44. The van der Waals surface area contributed by atoms with Crippen molar-refractivity contribution in [2.24, 2.45) is 0 Å². The first-order valence-electron chi connectivity index (χ1n) is 11.5. The van der Waals surface area contributed by atoms with Gasteiger partial charge in [0, 0.05) is 5.92 Å². The Morgan fingerprint density at radius 1 is 1.09 bits per heavy atom. The molecule has 33 heavy (non-hydrogen) atoms. The van der Waals surface area contributed by atoms with Crippen LogP contribution in [0.2, 0.25) is 0 Å². The van der Waals surface area contributed by atoms with Gasteiger partial charge in [0.05, 0.1) is 12.7 Å². The number of carbonyl (C=O) groups is 2. The predicted octanol–water partition coefficient (Wildman–Crippen LogP) is 4.69. The molecule has 7 nitrogen and oxygen atoms in total. The van der Waals surface area contributed by atoms with Crippen molar-refractivity contribution in [2.45, 2.75) is 63.4 Å². The molecule has 0 saturated carbocycles. The molecule has 1 saturated heterocycles. The van der Waals surface area contributed by atoms with Crippen molar-refractivity contribution in [3.05, 3.63) is 59.7 Å². The molecule has 0 radical (unpaired) electrons. The highest BCUT2D eigenvalue weighted by atomic mass is 16.7. The number of rotatable bonds is 9. The van der Waals surface area contributed by atoms with Crippen LogP contribution in [0.15, 0.2) is 48.5 Å². The van der Waals surface area contributed by atoms with Crippen LogP contribution in [-0.2, 0) is 19.0 Å². The summed E-state index contributed by atoms with van der Waals surface area (Å²) in [6.45, 7) is 4.46. The lowest BCUT2D eigenvalue weighted by Crippen LogP contribution is -2.41. The number of fused-ring (bicyclic) bond motifs is 3. The van der Waals surface area contributed by atoms with E-state index < -0.39 is 23.9 Å². The third-order valence-corrected chi connectivity index (χ3v) is 6.27. The molecule has 0 aromatic heterocycles. The maximum Gasteiger partial charge on any atom is 0.407 e. The van der Waals surface area contributed by atoms with Gasteiger partial charge in [-0.25, -0.2) is 9.59 Å². The van der Waals surface area contributed by atoms with Crippen molar-refractivity contribution < 1.29 is 28.9 Å². The molecule has 1 heterocycles. The van der Waals surface area contributed by atoms with Gasteiger partial charge in [-0.05, 0) is 48.9 Å². The maximum absolute atomic E-state index is 12.4. The third kappa shape index (κ3) is 5.54. The van der Waals surface area contributed by atoms with Crippen LogP contribution >= 0.6 is 0 Å². The molecule has 2 atom stereocenters. The van der Waals surface area contributed by atoms with E-state index in [1.165, 1.54) is 0 Å². The molecule has 176 valence electrons. The zero-order valence-corrected chi connectivity index (χ0v) is 19.1. The molecule has 2 aromatic rings. The number of benzene rings is 2. The molecule has 2 aromatic carbocycles. The van der Waals surface area contributed by atoms with Crippen LogP contribution in [0.25, 0.3) is 11.1 Å². The van der Waals surface area contributed by atoms with E-state index in [4.69, 9.17) is 14.2 Å². The van der Waals surface area contributed by atoms with Crippen LogP contribution < -0.4 is 5.32 Å². The van der Waals surface area contributed by atoms with Gasteiger partial charge >= 0.3 is 12.1 Å². The number of carboxylic acid groups (broad SMARTS) is 1. The summed E-state index contributed by atoms with van der Waals surface area (Å²) < 4.78 is 16.8. The number of nitrogens with one attached hydrogen (secondary N) is 1. The fourth-order valence-corrected chi connectivity index (χ4v) is 4.67. The van der Waals surface area contributed by atoms with Crippen LogP contribution in [-0.4, -0.2) is 48.3 Å². The molecule has 1 fully saturated rings. The normalized spacial score (nSPS) is 19.5. The number of hydrogen-bond acceptors (Lipinski definition) is 5. The fourth-order valence-electron chi connectivity index (χ4n) is 4.67. The van der Waals surface area contributed by atoms with E-state index in [-0.39, 0.29) is 18.6 Å². The average Bonchev–Trinajstić information content (AvgIpc) is 3.31. The highest BCUT2D eigenvalue weighted by molar-refractivity contribution is 5.81. The minimum Gasteiger partial charge on any atom is -0.480 e.